The molecule has 0 aromatic heterocycles. The van der Waals surface area contributed by atoms with Crippen LogP contribution in [0, 0.1) is 0 Å². The van der Waals surface area contributed by atoms with E-state index in [2.05, 4.69) is 30.1 Å². The maximum atomic E-state index is 5.73. The maximum Gasteiger partial charge on any atom is 0.0478 e. The van der Waals surface area contributed by atoms with Crippen molar-refractivity contribution >= 4 is 0 Å². The lowest BCUT2D eigenvalue weighted by Gasteiger charge is -2.18. The van der Waals surface area contributed by atoms with Gasteiger partial charge in [-0.2, -0.15) is 0 Å². The van der Waals surface area contributed by atoms with E-state index in [0.717, 1.165) is 32.7 Å². The zero-order valence-electron chi connectivity index (χ0n) is 11.0. The first kappa shape index (κ1) is 14.2. The Balaban J connectivity index is 2.36. The van der Waals surface area contributed by atoms with Gasteiger partial charge < -0.3 is 15.4 Å². The van der Waals surface area contributed by atoms with Crippen LogP contribution in [0.1, 0.15) is 24.5 Å². The number of hydrogen-bond donors (Lipinski definition) is 1. The standard InChI is InChI=1S/C14H24N2O/c1-3-17-10-6-9-16(2)12-14-8-5-4-7-13(14)11-15/h4-5,7-8H,3,6,9-12,15H2,1-2H3. The Morgan fingerprint density at radius 2 is 1.94 bits per heavy atom. The molecule has 0 spiro atoms. The van der Waals surface area contributed by atoms with E-state index < -0.39 is 0 Å². The van der Waals surface area contributed by atoms with Gasteiger partial charge in [-0.15, -0.1) is 0 Å². The Morgan fingerprint density at radius 3 is 2.59 bits per heavy atom. The van der Waals surface area contributed by atoms with Crippen molar-refractivity contribution in [3.63, 3.8) is 0 Å². The van der Waals surface area contributed by atoms with Crippen molar-refractivity contribution in [3.8, 4) is 0 Å². The van der Waals surface area contributed by atoms with Crippen LogP contribution in [0.25, 0.3) is 0 Å². The summed E-state index contributed by atoms with van der Waals surface area (Å²) in [5.41, 5.74) is 8.30. The molecule has 0 aliphatic carbocycles. The zero-order valence-corrected chi connectivity index (χ0v) is 11.0. The molecule has 1 rings (SSSR count). The van der Waals surface area contributed by atoms with Gasteiger partial charge in [0.1, 0.15) is 0 Å². The summed E-state index contributed by atoms with van der Waals surface area (Å²) in [6.07, 6.45) is 1.08. The molecule has 0 radical (unpaired) electrons. The van der Waals surface area contributed by atoms with Crippen molar-refractivity contribution in [2.75, 3.05) is 26.8 Å². The molecule has 96 valence electrons. The molecular formula is C14H24N2O. The van der Waals surface area contributed by atoms with E-state index in [1.54, 1.807) is 0 Å². The monoisotopic (exact) mass is 236 g/mol. The van der Waals surface area contributed by atoms with Gasteiger partial charge in [-0.3, -0.25) is 0 Å². The van der Waals surface area contributed by atoms with Crippen molar-refractivity contribution in [2.45, 2.75) is 26.4 Å². The zero-order chi connectivity index (χ0) is 12.5. The summed E-state index contributed by atoms with van der Waals surface area (Å²) in [5, 5.41) is 0. The molecule has 0 saturated carbocycles. The summed E-state index contributed by atoms with van der Waals surface area (Å²) >= 11 is 0. The summed E-state index contributed by atoms with van der Waals surface area (Å²) in [5.74, 6) is 0. The van der Waals surface area contributed by atoms with Crippen LogP contribution in [-0.2, 0) is 17.8 Å². The second kappa shape index (κ2) is 8.23. The number of nitrogens with two attached hydrogens (primary N) is 1. The summed E-state index contributed by atoms with van der Waals surface area (Å²) in [4.78, 5) is 2.31. The van der Waals surface area contributed by atoms with E-state index in [9.17, 15) is 0 Å². The lowest BCUT2D eigenvalue weighted by atomic mass is 10.1. The highest BCUT2D eigenvalue weighted by molar-refractivity contribution is 5.26. The highest BCUT2D eigenvalue weighted by Gasteiger charge is 2.03. The predicted molar refractivity (Wildman–Crippen MR) is 71.8 cm³/mol. The highest BCUT2D eigenvalue weighted by Crippen LogP contribution is 2.10. The fourth-order valence-corrected chi connectivity index (χ4v) is 1.86. The van der Waals surface area contributed by atoms with Crippen LogP contribution in [0.15, 0.2) is 24.3 Å². The topological polar surface area (TPSA) is 38.5 Å². The second-order valence-electron chi connectivity index (χ2n) is 4.26. The first-order valence-corrected chi connectivity index (χ1v) is 6.31. The van der Waals surface area contributed by atoms with Gasteiger partial charge in [-0.25, -0.2) is 0 Å². The van der Waals surface area contributed by atoms with Crippen LogP contribution in [0.4, 0.5) is 0 Å². The highest BCUT2D eigenvalue weighted by atomic mass is 16.5. The number of benzene rings is 1. The molecule has 17 heavy (non-hydrogen) atoms. The molecule has 0 amide bonds. The number of hydrogen-bond acceptors (Lipinski definition) is 3. The smallest absolute Gasteiger partial charge is 0.0478 e. The Bertz CT molecular complexity index is 315. The summed E-state index contributed by atoms with van der Waals surface area (Å²) in [6, 6.07) is 8.37. The molecule has 0 atom stereocenters. The van der Waals surface area contributed by atoms with Crippen LogP contribution in [0.3, 0.4) is 0 Å². The minimum atomic E-state index is 0.614. The Morgan fingerprint density at radius 1 is 1.24 bits per heavy atom. The minimum Gasteiger partial charge on any atom is -0.382 e. The van der Waals surface area contributed by atoms with E-state index in [1.807, 2.05) is 13.0 Å². The molecule has 0 saturated heterocycles. The number of nitrogens with zero attached hydrogens (tertiary/aromatic N) is 1. The maximum absolute atomic E-state index is 5.73. The molecule has 0 heterocycles. The first-order valence-electron chi connectivity index (χ1n) is 6.31. The number of rotatable bonds is 8. The quantitative estimate of drug-likeness (QED) is 0.702. The molecule has 0 bridgehead atoms. The summed E-state index contributed by atoms with van der Waals surface area (Å²) in [6.45, 7) is 6.31. The third kappa shape index (κ3) is 5.31. The SMILES string of the molecule is CCOCCCN(C)Cc1ccccc1CN. The lowest BCUT2D eigenvalue weighted by Crippen LogP contribution is -2.21. The van der Waals surface area contributed by atoms with Crippen molar-refractivity contribution in [1.82, 2.24) is 4.90 Å². The number of ether oxygens (including phenoxy) is 1. The van der Waals surface area contributed by atoms with Gasteiger partial charge >= 0.3 is 0 Å². The lowest BCUT2D eigenvalue weighted by molar-refractivity contribution is 0.135. The van der Waals surface area contributed by atoms with Gasteiger partial charge in [0, 0.05) is 32.8 Å². The molecule has 0 fully saturated rings. The largest absolute Gasteiger partial charge is 0.382 e. The van der Waals surface area contributed by atoms with Crippen LogP contribution in [0.5, 0.6) is 0 Å². The van der Waals surface area contributed by atoms with E-state index >= 15 is 0 Å². The Kier molecular flexibility index (Phi) is 6.86. The van der Waals surface area contributed by atoms with Crippen LogP contribution < -0.4 is 5.73 Å². The van der Waals surface area contributed by atoms with E-state index in [4.69, 9.17) is 10.5 Å². The second-order valence-corrected chi connectivity index (χ2v) is 4.26. The average molecular weight is 236 g/mol. The van der Waals surface area contributed by atoms with Gasteiger partial charge in [0.05, 0.1) is 0 Å². The fourth-order valence-electron chi connectivity index (χ4n) is 1.86. The predicted octanol–water partition coefficient (Wildman–Crippen LogP) is 2.00. The molecule has 0 aliphatic rings. The molecule has 3 nitrogen and oxygen atoms in total. The van der Waals surface area contributed by atoms with Crippen molar-refractivity contribution < 1.29 is 4.74 Å². The average Bonchev–Trinajstić information content (AvgIpc) is 2.35. The van der Waals surface area contributed by atoms with Gasteiger partial charge in [0.25, 0.3) is 0 Å². The van der Waals surface area contributed by atoms with Gasteiger partial charge in [-0.1, -0.05) is 24.3 Å². The Labute approximate surface area is 105 Å². The van der Waals surface area contributed by atoms with Gasteiger partial charge in [0.15, 0.2) is 0 Å². The third-order valence-electron chi connectivity index (χ3n) is 2.81. The van der Waals surface area contributed by atoms with Gasteiger partial charge in [-0.05, 0) is 31.5 Å². The van der Waals surface area contributed by atoms with Crippen LogP contribution in [-0.4, -0.2) is 31.7 Å². The molecule has 1 aromatic carbocycles. The van der Waals surface area contributed by atoms with E-state index in [0.29, 0.717) is 6.54 Å². The molecule has 2 N–H and O–H groups in total. The normalized spacial score (nSPS) is 11.1. The van der Waals surface area contributed by atoms with Crippen LogP contribution in [0.2, 0.25) is 0 Å². The molecule has 0 unspecified atom stereocenters. The van der Waals surface area contributed by atoms with Gasteiger partial charge in [0.2, 0.25) is 0 Å². The fraction of sp³-hybridized carbons (Fsp3) is 0.571. The molecular weight excluding hydrogens is 212 g/mol. The minimum absolute atomic E-state index is 0.614. The van der Waals surface area contributed by atoms with Crippen molar-refractivity contribution in [1.29, 1.82) is 0 Å². The molecule has 1 aromatic rings. The first-order chi connectivity index (χ1) is 8.27. The summed E-state index contributed by atoms with van der Waals surface area (Å²) in [7, 11) is 2.14. The van der Waals surface area contributed by atoms with E-state index in [-0.39, 0.29) is 0 Å². The van der Waals surface area contributed by atoms with Crippen molar-refractivity contribution in [3.05, 3.63) is 35.4 Å². The summed E-state index contributed by atoms with van der Waals surface area (Å²) < 4.78 is 5.33. The molecule has 0 aliphatic heterocycles. The third-order valence-corrected chi connectivity index (χ3v) is 2.81. The van der Waals surface area contributed by atoms with Crippen LogP contribution >= 0.6 is 0 Å². The van der Waals surface area contributed by atoms with E-state index in [1.165, 1.54) is 11.1 Å². The molecule has 3 heteroatoms. The van der Waals surface area contributed by atoms with Crippen molar-refractivity contribution in [2.24, 2.45) is 5.73 Å². The Hall–Kier alpha value is -0.900.